The summed E-state index contributed by atoms with van der Waals surface area (Å²) in [7, 11) is 0. The molecule has 120 valence electrons. The third-order valence-corrected chi connectivity index (χ3v) is 4.32. The first kappa shape index (κ1) is 15.5. The van der Waals surface area contributed by atoms with E-state index in [1.165, 1.54) is 17.5 Å². The van der Waals surface area contributed by atoms with Crippen molar-refractivity contribution in [3.8, 4) is 0 Å². The summed E-state index contributed by atoms with van der Waals surface area (Å²) in [5, 5.41) is 3.15. The second kappa shape index (κ2) is 6.36. The van der Waals surface area contributed by atoms with E-state index in [0.717, 1.165) is 30.6 Å². The van der Waals surface area contributed by atoms with Gasteiger partial charge in [0.25, 0.3) is 5.91 Å². The smallest absolute Gasteiger partial charge is 0.255 e. The van der Waals surface area contributed by atoms with Gasteiger partial charge in [0.15, 0.2) is 0 Å². The molecule has 1 aliphatic carbocycles. The Hall–Kier alpha value is -2.43. The molecule has 0 bridgehead atoms. The standard InChI is InChI=1S/C18H22N4O/c1-11(2)17-15(9-20-10-21-17)18(23)22-16-5-3-4-12-8-13(19)6-7-14(12)16/h6-11,16H,3-5,19H2,1-2H3,(H,22,23). The van der Waals surface area contributed by atoms with Crippen LogP contribution in [-0.4, -0.2) is 15.9 Å². The van der Waals surface area contributed by atoms with Gasteiger partial charge in [-0.2, -0.15) is 0 Å². The highest BCUT2D eigenvalue weighted by Gasteiger charge is 2.24. The molecule has 0 saturated carbocycles. The summed E-state index contributed by atoms with van der Waals surface area (Å²) in [6.45, 7) is 4.05. The molecule has 0 spiro atoms. The molecule has 0 fully saturated rings. The molecule has 1 aromatic carbocycles. The first-order valence-corrected chi connectivity index (χ1v) is 8.05. The molecule has 23 heavy (non-hydrogen) atoms. The van der Waals surface area contributed by atoms with Gasteiger partial charge >= 0.3 is 0 Å². The molecule has 1 aliphatic rings. The topological polar surface area (TPSA) is 80.9 Å². The minimum atomic E-state index is -0.107. The second-order valence-corrected chi connectivity index (χ2v) is 6.35. The van der Waals surface area contributed by atoms with Crippen molar-refractivity contribution in [2.75, 3.05) is 5.73 Å². The minimum Gasteiger partial charge on any atom is -0.399 e. The molecule has 3 rings (SSSR count). The number of amides is 1. The van der Waals surface area contributed by atoms with Crippen molar-refractivity contribution in [1.82, 2.24) is 15.3 Å². The third kappa shape index (κ3) is 3.18. The normalized spacial score (nSPS) is 16.9. The SMILES string of the molecule is CC(C)c1ncncc1C(=O)NC1CCCc2cc(N)ccc21. The van der Waals surface area contributed by atoms with Crippen molar-refractivity contribution < 1.29 is 4.79 Å². The van der Waals surface area contributed by atoms with Crippen molar-refractivity contribution in [3.63, 3.8) is 0 Å². The lowest BCUT2D eigenvalue weighted by Crippen LogP contribution is -2.32. The maximum atomic E-state index is 12.7. The molecule has 5 nitrogen and oxygen atoms in total. The second-order valence-electron chi connectivity index (χ2n) is 6.35. The highest BCUT2D eigenvalue weighted by Crippen LogP contribution is 2.31. The molecule has 2 aromatic rings. The highest BCUT2D eigenvalue weighted by molar-refractivity contribution is 5.95. The van der Waals surface area contributed by atoms with E-state index in [1.807, 2.05) is 32.0 Å². The van der Waals surface area contributed by atoms with Gasteiger partial charge in [0.1, 0.15) is 6.33 Å². The van der Waals surface area contributed by atoms with Crippen LogP contribution in [0.25, 0.3) is 0 Å². The van der Waals surface area contributed by atoms with Crippen LogP contribution in [0.2, 0.25) is 0 Å². The van der Waals surface area contributed by atoms with Crippen LogP contribution < -0.4 is 11.1 Å². The molecule has 1 atom stereocenters. The Morgan fingerprint density at radius 1 is 1.39 bits per heavy atom. The molecule has 0 saturated heterocycles. The average molecular weight is 310 g/mol. The Bertz CT molecular complexity index is 727. The van der Waals surface area contributed by atoms with Crippen LogP contribution in [0.5, 0.6) is 0 Å². The number of nitrogens with zero attached hydrogens (tertiary/aromatic N) is 2. The van der Waals surface area contributed by atoms with Gasteiger partial charge in [0, 0.05) is 11.9 Å². The molecule has 1 amide bonds. The summed E-state index contributed by atoms with van der Waals surface area (Å²) in [5.74, 6) is 0.0705. The number of hydrogen-bond donors (Lipinski definition) is 2. The van der Waals surface area contributed by atoms with Gasteiger partial charge in [0.2, 0.25) is 0 Å². The zero-order valence-corrected chi connectivity index (χ0v) is 13.5. The minimum absolute atomic E-state index is 0.0204. The fraction of sp³-hybridized carbons (Fsp3) is 0.389. The predicted molar refractivity (Wildman–Crippen MR) is 90.1 cm³/mol. The summed E-state index contributed by atoms with van der Waals surface area (Å²) in [6, 6.07) is 5.96. The predicted octanol–water partition coefficient (Wildman–Crippen LogP) is 2.99. The Balaban J connectivity index is 1.85. The molecule has 1 heterocycles. The Kier molecular flexibility index (Phi) is 4.28. The number of rotatable bonds is 3. The number of nitrogens with one attached hydrogen (secondary N) is 1. The maximum Gasteiger partial charge on any atom is 0.255 e. The zero-order chi connectivity index (χ0) is 16.4. The Morgan fingerprint density at radius 3 is 3.00 bits per heavy atom. The largest absolute Gasteiger partial charge is 0.399 e. The van der Waals surface area contributed by atoms with Crippen molar-refractivity contribution in [2.45, 2.75) is 45.1 Å². The van der Waals surface area contributed by atoms with Crippen LogP contribution in [0.1, 0.15) is 65.8 Å². The van der Waals surface area contributed by atoms with Crippen LogP contribution in [-0.2, 0) is 6.42 Å². The number of carbonyl (C=O) groups is 1. The van der Waals surface area contributed by atoms with Gasteiger partial charge < -0.3 is 11.1 Å². The number of aromatic nitrogens is 2. The van der Waals surface area contributed by atoms with Crippen LogP contribution in [0, 0.1) is 0 Å². The van der Waals surface area contributed by atoms with Crippen LogP contribution in [0.3, 0.4) is 0 Å². The van der Waals surface area contributed by atoms with E-state index < -0.39 is 0 Å². The summed E-state index contributed by atoms with van der Waals surface area (Å²) in [6.07, 6.45) is 6.09. The summed E-state index contributed by atoms with van der Waals surface area (Å²) < 4.78 is 0. The van der Waals surface area contributed by atoms with Crippen molar-refractivity contribution in [1.29, 1.82) is 0 Å². The number of hydrogen-bond acceptors (Lipinski definition) is 4. The van der Waals surface area contributed by atoms with Gasteiger partial charge in [-0.1, -0.05) is 19.9 Å². The molecule has 0 aliphatic heterocycles. The van der Waals surface area contributed by atoms with Gasteiger partial charge in [0.05, 0.1) is 17.3 Å². The molecular weight excluding hydrogens is 288 g/mol. The average Bonchev–Trinajstić information content (AvgIpc) is 2.54. The number of fused-ring (bicyclic) bond motifs is 1. The Morgan fingerprint density at radius 2 is 2.22 bits per heavy atom. The zero-order valence-electron chi connectivity index (χ0n) is 13.5. The van der Waals surface area contributed by atoms with Gasteiger partial charge in [-0.25, -0.2) is 9.97 Å². The molecule has 5 heteroatoms. The lowest BCUT2D eigenvalue weighted by atomic mass is 9.87. The first-order chi connectivity index (χ1) is 11.1. The van der Waals surface area contributed by atoms with E-state index in [2.05, 4.69) is 15.3 Å². The summed E-state index contributed by atoms with van der Waals surface area (Å²) >= 11 is 0. The number of anilines is 1. The van der Waals surface area contributed by atoms with Gasteiger partial charge in [-0.15, -0.1) is 0 Å². The first-order valence-electron chi connectivity index (χ1n) is 8.05. The fourth-order valence-corrected chi connectivity index (χ4v) is 3.19. The molecule has 1 aromatic heterocycles. The number of carbonyl (C=O) groups excluding carboxylic acids is 1. The molecule has 1 unspecified atom stereocenters. The van der Waals surface area contributed by atoms with Gasteiger partial charge in [-0.3, -0.25) is 4.79 Å². The van der Waals surface area contributed by atoms with E-state index in [0.29, 0.717) is 5.56 Å². The van der Waals surface area contributed by atoms with Crippen molar-refractivity contribution >= 4 is 11.6 Å². The monoisotopic (exact) mass is 310 g/mol. The van der Waals surface area contributed by atoms with Crippen LogP contribution >= 0.6 is 0 Å². The lowest BCUT2D eigenvalue weighted by Gasteiger charge is -2.27. The van der Waals surface area contributed by atoms with E-state index >= 15 is 0 Å². The highest BCUT2D eigenvalue weighted by atomic mass is 16.1. The number of nitrogens with two attached hydrogens (primary N) is 1. The number of aryl methyl sites for hydroxylation is 1. The van der Waals surface area contributed by atoms with E-state index in [1.54, 1.807) is 6.20 Å². The third-order valence-electron chi connectivity index (χ3n) is 4.32. The van der Waals surface area contributed by atoms with Crippen molar-refractivity contribution in [3.05, 3.63) is 53.1 Å². The number of nitrogen functional groups attached to an aromatic ring is 1. The van der Waals surface area contributed by atoms with E-state index in [4.69, 9.17) is 5.73 Å². The van der Waals surface area contributed by atoms with Crippen LogP contribution in [0.15, 0.2) is 30.7 Å². The summed E-state index contributed by atoms with van der Waals surface area (Å²) in [5.41, 5.74) is 10.4. The summed E-state index contributed by atoms with van der Waals surface area (Å²) in [4.78, 5) is 21.0. The Labute approximate surface area is 136 Å². The fourth-order valence-electron chi connectivity index (χ4n) is 3.19. The lowest BCUT2D eigenvalue weighted by molar-refractivity contribution is 0.0930. The van der Waals surface area contributed by atoms with Crippen molar-refractivity contribution in [2.24, 2.45) is 0 Å². The molecule has 0 radical (unpaired) electrons. The number of benzene rings is 1. The van der Waals surface area contributed by atoms with E-state index in [9.17, 15) is 4.79 Å². The molecule has 3 N–H and O–H groups in total. The van der Waals surface area contributed by atoms with Crippen LogP contribution in [0.4, 0.5) is 5.69 Å². The molecular formula is C18H22N4O. The maximum absolute atomic E-state index is 12.7. The van der Waals surface area contributed by atoms with Gasteiger partial charge in [-0.05, 0) is 48.4 Å². The quantitative estimate of drug-likeness (QED) is 0.854. The van der Waals surface area contributed by atoms with E-state index in [-0.39, 0.29) is 17.9 Å².